The van der Waals surface area contributed by atoms with Gasteiger partial charge in [0, 0.05) is 16.7 Å². The number of rotatable bonds is 6. The molecular formula is C19H21NO4. The topological polar surface area (TPSA) is 69.4 Å². The molecule has 5 nitrogen and oxygen atoms in total. The van der Waals surface area contributed by atoms with Crippen LogP contribution in [0.5, 0.6) is 5.75 Å². The number of nitro groups is 1. The average Bonchev–Trinajstić information content (AvgIpc) is 2.51. The lowest BCUT2D eigenvalue weighted by atomic mass is 10.0. The van der Waals surface area contributed by atoms with Crippen LogP contribution in [-0.2, 0) is 0 Å². The van der Waals surface area contributed by atoms with Gasteiger partial charge in [-0.2, -0.15) is 0 Å². The highest BCUT2D eigenvalue weighted by molar-refractivity contribution is 5.97. The Hall–Kier alpha value is -2.69. The Kier molecular flexibility index (Phi) is 5.34. The first-order chi connectivity index (χ1) is 11.3. The fourth-order valence-electron chi connectivity index (χ4n) is 2.57. The van der Waals surface area contributed by atoms with Gasteiger partial charge >= 0.3 is 0 Å². The van der Waals surface area contributed by atoms with Crippen molar-refractivity contribution in [3.05, 3.63) is 68.8 Å². The number of Topliss-reactive ketones (excluding diaryl/α,β-unsaturated/α-hetero) is 1. The van der Waals surface area contributed by atoms with E-state index in [0.29, 0.717) is 28.4 Å². The van der Waals surface area contributed by atoms with E-state index in [1.807, 2.05) is 12.1 Å². The van der Waals surface area contributed by atoms with Crippen molar-refractivity contribution in [1.29, 1.82) is 0 Å². The Labute approximate surface area is 141 Å². The van der Waals surface area contributed by atoms with Crippen LogP contribution in [0, 0.1) is 24.0 Å². The minimum absolute atomic E-state index is 0.0814. The quantitative estimate of drug-likeness (QED) is 0.442. The van der Waals surface area contributed by atoms with Gasteiger partial charge in [0.2, 0.25) is 0 Å². The molecule has 0 bridgehead atoms. The lowest BCUT2D eigenvalue weighted by Crippen LogP contribution is -2.12. The number of nitrogens with zero attached hydrogens (tertiary/aromatic N) is 1. The zero-order chi connectivity index (χ0) is 17.9. The molecule has 0 radical (unpaired) electrons. The summed E-state index contributed by atoms with van der Waals surface area (Å²) in [6.45, 7) is 7.41. The number of ketones is 1. The number of carbonyl (C=O) groups is 1. The molecule has 0 saturated carbocycles. The molecule has 0 heterocycles. The molecule has 2 aromatic rings. The number of nitro benzene ring substituents is 1. The van der Waals surface area contributed by atoms with Gasteiger partial charge < -0.3 is 4.74 Å². The molecule has 5 heteroatoms. The van der Waals surface area contributed by atoms with Gasteiger partial charge in [-0.3, -0.25) is 14.9 Å². The van der Waals surface area contributed by atoms with Crippen molar-refractivity contribution in [1.82, 2.24) is 0 Å². The standard InChI is InChI=1S/C19H21NO4/c1-12(2)15-5-7-16(8-6-15)18(21)11-24-17-9-13(3)19(20(22)23)14(4)10-17/h5-10,12H,11H2,1-4H3. The van der Waals surface area contributed by atoms with E-state index in [2.05, 4.69) is 13.8 Å². The number of carbonyl (C=O) groups excluding carboxylic acids is 1. The molecule has 0 atom stereocenters. The molecule has 0 spiro atoms. The summed E-state index contributed by atoms with van der Waals surface area (Å²) in [5.74, 6) is 0.748. The third-order valence-electron chi connectivity index (χ3n) is 3.92. The number of hydrogen-bond acceptors (Lipinski definition) is 4. The second-order valence-electron chi connectivity index (χ2n) is 6.15. The predicted molar refractivity (Wildman–Crippen MR) is 92.9 cm³/mol. The third kappa shape index (κ3) is 3.98. The molecule has 0 unspecified atom stereocenters. The summed E-state index contributed by atoms with van der Waals surface area (Å²) in [5, 5.41) is 11.0. The molecular weight excluding hydrogens is 306 g/mol. The van der Waals surface area contributed by atoms with Crippen LogP contribution in [0.25, 0.3) is 0 Å². The van der Waals surface area contributed by atoms with Crippen molar-refractivity contribution in [3.63, 3.8) is 0 Å². The van der Waals surface area contributed by atoms with E-state index >= 15 is 0 Å². The Balaban J connectivity index is 2.07. The first-order valence-electron chi connectivity index (χ1n) is 7.81. The molecule has 0 amide bonds. The van der Waals surface area contributed by atoms with Crippen molar-refractivity contribution in [2.75, 3.05) is 6.61 Å². The predicted octanol–water partition coefficient (Wildman–Crippen LogP) is 4.60. The van der Waals surface area contributed by atoms with E-state index in [4.69, 9.17) is 4.74 Å². The highest BCUT2D eigenvalue weighted by atomic mass is 16.6. The van der Waals surface area contributed by atoms with Gasteiger partial charge in [0.05, 0.1) is 4.92 Å². The first kappa shape index (κ1) is 17.7. The van der Waals surface area contributed by atoms with Gasteiger partial charge in [0.25, 0.3) is 5.69 Å². The molecule has 0 aromatic heterocycles. The fourth-order valence-corrected chi connectivity index (χ4v) is 2.57. The Morgan fingerprint density at radius 3 is 2.12 bits per heavy atom. The average molecular weight is 327 g/mol. The number of hydrogen-bond donors (Lipinski definition) is 0. The minimum Gasteiger partial charge on any atom is -0.485 e. The normalized spacial score (nSPS) is 10.7. The largest absolute Gasteiger partial charge is 0.485 e. The van der Waals surface area contributed by atoms with Gasteiger partial charge in [-0.05, 0) is 37.5 Å². The first-order valence-corrected chi connectivity index (χ1v) is 7.81. The van der Waals surface area contributed by atoms with Crippen molar-refractivity contribution in [3.8, 4) is 5.75 Å². The number of aryl methyl sites for hydroxylation is 2. The van der Waals surface area contributed by atoms with Crippen LogP contribution in [0.4, 0.5) is 5.69 Å². The minimum atomic E-state index is -0.407. The SMILES string of the molecule is Cc1cc(OCC(=O)c2ccc(C(C)C)cc2)cc(C)c1[N+](=O)[O-]. The Morgan fingerprint density at radius 1 is 1.12 bits per heavy atom. The Morgan fingerprint density at radius 2 is 1.67 bits per heavy atom. The maximum atomic E-state index is 12.2. The monoisotopic (exact) mass is 327 g/mol. The van der Waals surface area contributed by atoms with Crippen LogP contribution >= 0.6 is 0 Å². The van der Waals surface area contributed by atoms with Crippen LogP contribution in [0.15, 0.2) is 36.4 Å². The van der Waals surface area contributed by atoms with E-state index in [1.165, 1.54) is 5.56 Å². The summed E-state index contributed by atoms with van der Waals surface area (Å²) < 4.78 is 5.52. The molecule has 2 rings (SSSR count). The molecule has 0 fully saturated rings. The highest BCUT2D eigenvalue weighted by Gasteiger charge is 2.16. The maximum absolute atomic E-state index is 12.2. The molecule has 0 saturated heterocycles. The maximum Gasteiger partial charge on any atom is 0.275 e. The van der Waals surface area contributed by atoms with Gasteiger partial charge in [0.1, 0.15) is 5.75 Å². The molecule has 126 valence electrons. The van der Waals surface area contributed by atoms with Crippen molar-refractivity contribution in [2.24, 2.45) is 0 Å². The molecule has 0 aliphatic carbocycles. The summed E-state index contributed by atoms with van der Waals surface area (Å²) in [5.41, 5.74) is 2.88. The zero-order valence-electron chi connectivity index (χ0n) is 14.3. The summed E-state index contributed by atoms with van der Waals surface area (Å²) in [6.07, 6.45) is 0. The number of benzene rings is 2. The van der Waals surface area contributed by atoms with Crippen LogP contribution in [0.2, 0.25) is 0 Å². The van der Waals surface area contributed by atoms with Gasteiger partial charge in [-0.1, -0.05) is 38.1 Å². The Bertz CT molecular complexity index is 740. The summed E-state index contributed by atoms with van der Waals surface area (Å²) >= 11 is 0. The molecule has 0 aliphatic heterocycles. The van der Waals surface area contributed by atoms with E-state index in [-0.39, 0.29) is 18.1 Å². The van der Waals surface area contributed by atoms with Crippen LogP contribution in [0.1, 0.15) is 46.8 Å². The molecule has 0 aliphatic rings. The zero-order valence-corrected chi connectivity index (χ0v) is 14.3. The van der Waals surface area contributed by atoms with Gasteiger partial charge in [-0.25, -0.2) is 0 Å². The summed E-state index contributed by atoms with van der Waals surface area (Å²) in [6, 6.07) is 10.7. The lowest BCUT2D eigenvalue weighted by Gasteiger charge is -2.09. The van der Waals surface area contributed by atoms with Crippen molar-refractivity contribution >= 4 is 11.5 Å². The van der Waals surface area contributed by atoms with E-state index in [9.17, 15) is 14.9 Å². The second kappa shape index (κ2) is 7.25. The smallest absolute Gasteiger partial charge is 0.275 e. The lowest BCUT2D eigenvalue weighted by molar-refractivity contribution is -0.386. The third-order valence-corrected chi connectivity index (χ3v) is 3.92. The molecule has 0 N–H and O–H groups in total. The van der Waals surface area contributed by atoms with E-state index < -0.39 is 4.92 Å². The number of ether oxygens (including phenoxy) is 1. The highest BCUT2D eigenvalue weighted by Crippen LogP contribution is 2.28. The summed E-state index contributed by atoms with van der Waals surface area (Å²) in [4.78, 5) is 22.8. The molecule has 2 aromatic carbocycles. The van der Waals surface area contributed by atoms with Crippen LogP contribution in [-0.4, -0.2) is 17.3 Å². The van der Waals surface area contributed by atoms with Gasteiger partial charge in [0.15, 0.2) is 12.4 Å². The van der Waals surface area contributed by atoms with Crippen molar-refractivity contribution in [2.45, 2.75) is 33.6 Å². The summed E-state index contributed by atoms with van der Waals surface area (Å²) in [7, 11) is 0. The van der Waals surface area contributed by atoms with Gasteiger partial charge in [-0.15, -0.1) is 0 Å². The van der Waals surface area contributed by atoms with Crippen LogP contribution < -0.4 is 4.74 Å². The van der Waals surface area contributed by atoms with E-state index in [0.717, 1.165) is 0 Å². The fraction of sp³-hybridized carbons (Fsp3) is 0.316. The van der Waals surface area contributed by atoms with Crippen molar-refractivity contribution < 1.29 is 14.5 Å². The van der Waals surface area contributed by atoms with Crippen LogP contribution in [0.3, 0.4) is 0 Å². The second-order valence-corrected chi connectivity index (χ2v) is 6.15. The molecule has 24 heavy (non-hydrogen) atoms. The van der Waals surface area contributed by atoms with E-state index in [1.54, 1.807) is 38.1 Å².